The van der Waals surface area contributed by atoms with E-state index in [1.54, 1.807) is 0 Å². The van der Waals surface area contributed by atoms with Crippen LogP contribution >= 0.6 is 0 Å². The van der Waals surface area contributed by atoms with Crippen LogP contribution in [0.25, 0.3) is 0 Å². The molecule has 2 aromatic rings. The third kappa shape index (κ3) is 5.70. The highest BCUT2D eigenvalue weighted by molar-refractivity contribution is 7.89. The zero-order chi connectivity index (χ0) is 24.0. The Kier molecular flexibility index (Phi) is 8.06. The van der Waals surface area contributed by atoms with Crippen LogP contribution in [-0.4, -0.2) is 76.6 Å². The molecule has 1 heterocycles. The van der Waals surface area contributed by atoms with Crippen molar-refractivity contribution in [3.05, 3.63) is 59.2 Å². The predicted molar refractivity (Wildman–Crippen MR) is 121 cm³/mol. The van der Waals surface area contributed by atoms with Crippen LogP contribution in [0.5, 0.6) is 5.75 Å². The molecule has 0 aromatic heterocycles. The first-order valence-corrected chi connectivity index (χ1v) is 12.0. The lowest BCUT2D eigenvalue weighted by atomic mass is 10.1. The fourth-order valence-electron chi connectivity index (χ4n) is 3.64. The Morgan fingerprint density at radius 3 is 2.12 bits per heavy atom. The summed E-state index contributed by atoms with van der Waals surface area (Å²) >= 11 is 0. The van der Waals surface area contributed by atoms with Gasteiger partial charge in [-0.05, 0) is 42.8 Å². The van der Waals surface area contributed by atoms with Gasteiger partial charge >= 0.3 is 11.9 Å². The minimum Gasteiger partial charge on any atom is -0.494 e. The number of methoxy groups -OCH3 is 2. The maximum Gasteiger partial charge on any atom is 0.339 e. The Morgan fingerprint density at radius 2 is 1.55 bits per heavy atom. The quantitative estimate of drug-likeness (QED) is 0.534. The number of ether oxygens (including phenoxy) is 3. The molecular formula is C23H28N2O7S. The minimum atomic E-state index is -4.04. The van der Waals surface area contributed by atoms with E-state index in [4.69, 9.17) is 9.47 Å². The van der Waals surface area contributed by atoms with Gasteiger partial charge in [-0.2, -0.15) is 4.31 Å². The molecule has 0 amide bonds. The monoisotopic (exact) mass is 476 g/mol. The van der Waals surface area contributed by atoms with Gasteiger partial charge in [-0.3, -0.25) is 4.90 Å². The number of carbonyl (C=O) groups excluding carboxylic acids is 2. The minimum absolute atomic E-state index is 0.0397. The first-order chi connectivity index (χ1) is 15.8. The van der Waals surface area contributed by atoms with Crippen molar-refractivity contribution >= 4 is 22.0 Å². The van der Waals surface area contributed by atoms with Crippen molar-refractivity contribution in [2.24, 2.45) is 0 Å². The third-order valence-corrected chi connectivity index (χ3v) is 7.34. The van der Waals surface area contributed by atoms with Crippen molar-refractivity contribution < 1.29 is 32.2 Å². The van der Waals surface area contributed by atoms with Gasteiger partial charge in [0.25, 0.3) is 0 Å². The van der Waals surface area contributed by atoms with Crippen LogP contribution in [0.3, 0.4) is 0 Å². The van der Waals surface area contributed by atoms with E-state index in [2.05, 4.69) is 9.64 Å². The number of rotatable bonds is 8. The summed E-state index contributed by atoms with van der Waals surface area (Å²) in [7, 11) is -1.66. The molecule has 0 atom stereocenters. The predicted octanol–water partition coefficient (Wildman–Crippen LogP) is 2.17. The number of hydrogen-bond acceptors (Lipinski definition) is 8. The van der Waals surface area contributed by atoms with Crippen LogP contribution < -0.4 is 4.74 Å². The molecule has 0 unspecified atom stereocenters. The lowest BCUT2D eigenvalue weighted by Gasteiger charge is -2.34. The molecule has 0 N–H and O–H groups in total. The topological polar surface area (TPSA) is 102 Å². The number of benzene rings is 2. The first-order valence-electron chi connectivity index (χ1n) is 10.5. The number of carbonyl (C=O) groups is 2. The van der Waals surface area contributed by atoms with Crippen molar-refractivity contribution in [3.8, 4) is 5.75 Å². The second kappa shape index (κ2) is 10.8. The molecule has 1 fully saturated rings. The zero-order valence-electron chi connectivity index (χ0n) is 18.9. The summed E-state index contributed by atoms with van der Waals surface area (Å²) in [5.74, 6) is -0.671. The second-order valence-electron chi connectivity index (χ2n) is 7.45. The van der Waals surface area contributed by atoms with Crippen LogP contribution in [0.1, 0.15) is 33.2 Å². The van der Waals surface area contributed by atoms with E-state index in [-0.39, 0.29) is 29.1 Å². The Labute approximate surface area is 193 Å². The van der Waals surface area contributed by atoms with Gasteiger partial charge in [0.05, 0.1) is 36.8 Å². The summed E-state index contributed by atoms with van der Waals surface area (Å²) in [6, 6.07) is 11.6. The standard InChI is InChI=1S/C23H28N2O7S/c1-4-32-19-8-5-17(6-9-19)16-24-11-13-25(14-12-24)33(28,29)21-15-18(22(26)30-2)7-10-20(21)23(27)31-3/h5-10,15H,4,11-14,16H2,1-3H3. The van der Waals surface area contributed by atoms with Crippen molar-refractivity contribution in [2.45, 2.75) is 18.4 Å². The number of sulfonamides is 1. The van der Waals surface area contributed by atoms with E-state index in [9.17, 15) is 18.0 Å². The Morgan fingerprint density at radius 1 is 0.909 bits per heavy atom. The van der Waals surface area contributed by atoms with Gasteiger partial charge in [0.15, 0.2) is 0 Å². The van der Waals surface area contributed by atoms with E-state index < -0.39 is 22.0 Å². The van der Waals surface area contributed by atoms with Gasteiger partial charge in [0.1, 0.15) is 5.75 Å². The van der Waals surface area contributed by atoms with Gasteiger partial charge in [0, 0.05) is 32.7 Å². The van der Waals surface area contributed by atoms with E-state index in [1.165, 1.54) is 36.7 Å². The number of hydrogen-bond donors (Lipinski definition) is 0. The normalized spacial score (nSPS) is 15.1. The third-order valence-electron chi connectivity index (χ3n) is 5.40. The number of piperazine rings is 1. The molecule has 10 heteroatoms. The summed E-state index contributed by atoms with van der Waals surface area (Å²) in [6.45, 7) is 4.78. The van der Waals surface area contributed by atoms with Crippen LogP contribution in [0.2, 0.25) is 0 Å². The summed E-state index contributed by atoms with van der Waals surface area (Å²) < 4.78 is 43.0. The largest absolute Gasteiger partial charge is 0.494 e. The number of esters is 2. The van der Waals surface area contributed by atoms with Crippen molar-refractivity contribution in [1.82, 2.24) is 9.21 Å². The molecule has 0 spiro atoms. The van der Waals surface area contributed by atoms with Gasteiger partial charge in [0.2, 0.25) is 10.0 Å². The highest BCUT2D eigenvalue weighted by Crippen LogP contribution is 2.25. The van der Waals surface area contributed by atoms with Crippen LogP contribution in [0.15, 0.2) is 47.4 Å². The average Bonchev–Trinajstić information content (AvgIpc) is 2.84. The smallest absolute Gasteiger partial charge is 0.339 e. The summed E-state index contributed by atoms with van der Waals surface area (Å²) in [5.41, 5.74) is 1.02. The van der Waals surface area contributed by atoms with E-state index in [0.29, 0.717) is 26.2 Å². The molecule has 0 radical (unpaired) electrons. The lowest BCUT2D eigenvalue weighted by molar-refractivity contribution is 0.0583. The average molecular weight is 477 g/mol. The second-order valence-corrected chi connectivity index (χ2v) is 9.36. The maximum atomic E-state index is 13.4. The van der Waals surface area contributed by atoms with Gasteiger partial charge in [-0.15, -0.1) is 0 Å². The van der Waals surface area contributed by atoms with Gasteiger partial charge < -0.3 is 14.2 Å². The molecule has 3 rings (SSSR count). The van der Waals surface area contributed by atoms with Crippen molar-refractivity contribution in [2.75, 3.05) is 47.0 Å². The summed E-state index contributed by atoms with van der Waals surface area (Å²) in [4.78, 5) is 26.0. The molecule has 178 valence electrons. The Bertz CT molecular complexity index is 1090. The number of nitrogens with zero attached hydrogens (tertiary/aromatic N) is 2. The molecule has 0 bridgehead atoms. The molecule has 2 aromatic carbocycles. The van der Waals surface area contributed by atoms with Crippen molar-refractivity contribution in [3.63, 3.8) is 0 Å². The summed E-state index contributed by atoms with van der Waals surface area (Å²) in [5, 5.41) is 0. The van der Waals surface area contributed by atoms with E-state index >= 15 is 0 Å². The zero-order valence-corrected chi connectivity index (χ0v) is 19.8. The Balaban J connectivity index is 1.75. The van der Waals surface area contributed by atoms with Crippen LogP contribution in [0.4, 0.5) is 0 Å². The molecule has 0 aliphatic carbocycles. The highest BCUT2D eigenvalue weighted by atomic mass is 32.2. The van der Waals surface area contributed by atoms with Gasteiger partial charge in [-0.25, -0.2) is 18.0 Å². The lowest BCUT2D eigenvalue weighted by Crippen LogP contribution is -2.48. The van der Waals surface area contributed by atoms with Gasteiger partial charge in [-0.1, -0.05) is 12.1 Å². The molecule has 1 aliphatic rings. The Hall–Kier alpha value is -2.95. The van der Waals surface area contributed by atoms with Crippen LogP contribution in [0, 0.1) is 0 Å². The fraction of sp³-hybridized carbons (Fsp3) is 0.391. The van der Waals surface area contributed by atoms with Crippen LogP contribution in [-0.2, 0) is 26.0 Å². The van der Waals surface area contributed by atoms with Crippen molar-refractivity contribution in [1.29, 1.82) is 0 Å². The maximum absolute atomic E-state index is 13.4. The first kappa shape index (κ1) is 24.7. The van der Waals surface area contributed by atoms with E-state index in [1.807, 2.05) is 31.2 Å². The molecule has 33 heavy (non-hydrogen) atoms. The summed E-state index contributed by atoms with van der Waals surface area (Å²) in [6.07, 6.45) is 0. The molecule has 0 saturated carbocycles. The van der Waals surface area contributed by atoms with E-state index in [0.717, 1.165) is 11.3 Å². The molecular weight excluding hydrogens is 448 g/mol. The molecule has 9 nitrogen and oxygen atoms in total. The highest BCUT2D eigenvalue weighted by Gasteiger charge is 2.33. The molecule has 1 saturated heterocycles. The fourth-order valence-corrected chi connectivity index (χ4v) is 5.27. The molecule has 1 aliphatic heterocycles. The SMILES string of the molecule is CCOc1ccc(CN2CCN(S(=O)(=O)c3cc(C(=O)OC)ccc3C(=O)OC)CC2)cc1.